The minimum Gasteiger partial charge on any atom is -0.393 e. The molecule has 0 spiro atoms. The lowest BCUT2D eigenvalue weighted by Crippen LogP contribution is -2.59. The third kappa shape index (κ3) is 1.84. The summed E-state index contributed by atoms with van der Waals surface area (Å²) in [6, 6.07) is 0. The Labute approximate surface area is 133 Å². The van der Waals surface area contributed by atoms with Crippen molar-refractivity contribution in [2.75, 3.05) is 0 Å². The van der Waals surface area contributed by atoms with Crippen molar-refractivity contribution in [1.29, 1.82) is 0 Å². The van der Waals surface area contributed by atoms with E-state index in [-0.39, 0.29) is 23.0 Å². The summed E-state index contributed by atoms with van der Waals surface area (Å²) in [4.78, 5) is 12.4. The van der Waals surface area contributed by atoms with Crippen molar-refractivity contribution in [2.24, 2.45) is 34.5 Å². The fourth-order valence-corrected chi connectivity index (χ4v) is 7.13. The number of ketones is 1. The molecule has 0 saturated heterocycles. The van der Waals surface area contributed by atoms with Gasteiger partial charge in [0.05, 0.1) is 12.2 Å². The smallest absolute Gasteiger partial charge is 0.139 e. The van der Waals surface area contributed by atoms with Gasteiger partial charge in [-0.2, -0.15) is 0 Å². The largest absolute Gasteiger partial charge is 0.393 e. The second-order valence-electron chi connectivity index (χ2n) is 9.16. The second-order valence-corrected chi connectivity index (χ2v) is 9.16. The predicted molar refractivity (Wildman–Crippen MR) is 84.1 cm³/mol. The Morgan fingerprint density at radius 1 is 1.09 bits per heavy atom. The van der Waals surface area contributed by atoms with Gasteiger partial charge in [-0.25, -0.2) is 0 Å². The van der Waals surface area contributed by atoms with E-state index in [1.807, 2.05) is 0 Å². The lowest BCUT2D eigenvalue weighted by molar-refractivity contribution is -0.175. The van der Waals surface area contributed by atoms with Gasteiger partial charge in [0.1, 0.15) is 5.78 Å². The van der Waals surface area contributed by atoms with E-state index in [0.29, 0.717) is 35.9 Å². The number of aliphatic hydroxyl groups excluding tert-OH is 2. The number of carbonyl (C=O) groups is 1. The van der Waals surface area contributed by atoms with E-state index in [9.17, 15) is 15.0 Å². The van der Waals surface area contributed by atoms with Crippen LogP contribution >= 0.6 is 0 Å². The second kappa shape index (κ2) is 4.80. The maximum absolute atomic E-state index is 12.4. The number of hydrogen-bond acceptors (Lipinski definition) is 3. The van der Waals surface area contributed by atoms with Crippen molar-refractivity contribution in [2.45, 2.75) is 77.4 Å². The summed E-state index contributed by atoms with van der Waals surface area (Å²) < 4.78 is 0. The van der Waals surface area contributed by atoms with Crippen molar-refractivity contribution in [3.63, 3.8) is 0 Å². The van der Waals surface area contributed by atoms with E-state index in [4.69, 9.17) is 0 Å². The fraction of sp³-hybridized carbons (Fsp3) is 0.947. The molecule has 0 amide bonds. The molecule has 0 radical (unpaired) electrons. The first kappa shape index (κ1) is 15.1. The molecule has 124 valence electrons. The lowest BCUT2D eigenvalue weighted by atomic mass is 9.44. The molecule has 4 aliphatic carbocycles. The van der Waals surface area contributed by atoms with Crippen LogP contribution in [-0.2, 0) is 4.79 Å². The third-order valence-electron chi connectivity index (χ3n) is 8.28. The summed E-state index contributed by atoms with van der Waals surface area (Å²) in [5.41, 5.74) is -0.105. The number of Topliss-reactive ketones (excluding diaryl/α,β-unsaturated/α-hetero) is 1. The highest BCUT2D eigenvalue weighted by molar-refractivity contribution is 5.87. The molecule has 2 N–H and O–H groups in total. The third-order valence-corrected chi connectivity index (χ3v) is 8.28. The van der Waals surface area contributed by atoms with E-state index in [2.05, 4.69) is 13.8 Å². The maximum atomic E-state index is 12.4. The van der Waals surface area contributed by atoms with Crippen molar-refractivity contribution in [1.82, 2.24) is 0 Å². The van der Waals surface area contributed by atoms with E-state index in [0.717, 1.165) is 38.5 Å². The van der Waals surface area contributed by atoms with Crippen LogP contribution in [0.4, 0.5) is 0 Å². The van der Waals surface area contributed by atoms with Crippen molar-refractivity contribution in [3.8, 4) is 0 Å². The maximum Gasteiger partial charge on any atom is 0.139 e. The summed E-state index contributed by atoms with van der Waals surface area (Å²) in [5, 5.41) is 21.0. The molecule has 0 bridgehead atoms. The number of carbonyl (C=O) groups excluding carboxylic acids is 1. The van der Waals surface area contributed by atoms with Crippen LogP contribution in [-0.4, -0.2) is 28.2 Å². The molecule has 4 aliphatic rings. The van der Waals surface area contributed by atoms with E-state index >= 15 is 0 Å². The number of fused-ring (bicyclic) bond motifs is 5. The van der Waals surface area contributed by atoms with Crippen LogP contribution < -0.4 is 0 Å². The quantitative estimate of drug-likeness (QED) is 0.723. The van der Waals surface area contributed by atoms with Crippen molar-refractivity contribution >= 4 is 5.78 Å². The SMILES string of the molecule is C[C@@]12CC[C@@H](O)C[C@@H]1CC[C@H]1[C@H]2[C@H](O)C[C@]2(C)C(=O)CC[C@H]12. The summed E-state index contributed by atoms with van der Waals surface area (Å²) in [6.45, 7) is 4.48. The van der Waals surface area contributed by atoms with Gasteiger partial charge in [-0.05, 0) is 74.0 Å². The monoisotopic (exact) mass is 306 g/mol. The summed E-state index contributed by atoms with van der Waals surface area (Å²) >= 11 is 0. The van der Waals surface area contributed by atoms with Crippen LogP contribution in [0.3, 0.4) is 0 Å². The molecule has 0 aromatic carbocycles. The Morgan fingerprint density at radius 2 is 1.86 bits per heavy atom. The van der Waals surface area contributed by atoms with Crippen molar-refractivity contribution in [3.05, 3.63) is 0 Å². The average Bonchev–Trinajstić information content (AvgIpc) is 2.75. The molecule has 4 saturated carbocycles. The molecule has 0 unspecified atom stereocenters. The zero-order chi connectivity index (χ0) is 15.7. The topological polar surface area (TPSA) is 57.5 Å². The van der Waals surface area contributed by atoms with Gasteiger partial charge in [-0.3, -0.25) is 4.79 Å². The Kier molecular flexibility index (Phi) is 3.30. The van der Waals surface area contributed by atoms with E-state index in [1.54, 1.807) is 0 Å². The number of rotatable bonds is 0. The fourth-order valence-electron chi connectivity index (χ4n) is 7.13. The Morgan fingerprint density at radius 3 is 2.64 bits per heavy atom. The van der Waals surface area contributed by atoms with Gasteiger partial charge >= 0.3 is 0 Å². The highest BCUT2D eigenvalue weighted by Gasteiger charge is 2.63. The molecular weight excluding hydrogens is 276 g/mol. The number of hydrogen-bond donors (Lipinski definition) is 2. The van der Waals surface area contributed by atoms with Gasteiger partial charge in [0.25, 0.3) is 0 Å². The molecule has 0 aliphatic heterocycles. The highest BCUT2D eigenvalue weighted by Crippen LogP contribution is 2.65. The summed E-state index contributed by atoms with van der Waals surface area (Å²) in [5.74, 6) is 2.27. The van der Waals surface area contributed by atoms with Crippen LogP contribution in [0.5, 0.6) is 0 Å². The van der Waals surface area contributed by atoms with E-state index < -0.39 is 0 Å². The van der Waals surface area contributed by atoms with Gasteiger partial charge in [-0.1, -0.05) is 13.8 Å². The molecule has 4 rings (SSSR count). The molecule has 0 heterocycles. The van der Waals surface area contributed by atoms with Crippen LogP contribution in [0.15, 0.2) is 0 Å². The van der Waals surface area contributed by atoms with Crippen LogP contribution in [0.25, 0.3) is 0 Å². The first-order valence-corrected chi connectivity index (χ1v) is 9.25. The van der Waals surface area contributed by atoms with E-state index in [1.165, 1.54) is 6.42 Å². The Hall–Kier alpha value is -0.410. The minimum absolute atomic E-state index is 0.145. The van der Waals surface area contributed by atoms with Gasteiger partial charge in [-0.15, -0.1) is 0 Å². The summed E-state index contributed by atoms with van der Waals surface area (Å²) in [7, 11) is 0. The molecule has 3 nitrogen and oxygen atoms in total. The van der Waals surface area contributed by atoms with Gasteiger partial charge in [0, 0.05) is 11.8 Å². The van der Waals surface area contributed by atoms with Crippen LogP contribution in [0.2, 0.25) is 0 Å². The normalized spacial score (nSPS) is 57.9. The van der Waals surface area contributed by atoms with Gasteiger partial charge < -0.3 is 10.2 Å². The first-order valence-electron chi connectivity index (χ1n) is 9.25. The number of aliphatic hydroxyl groups is 2. The standard InChI is InChI=1S/C19H30O3/c1-18-8-7-12(20)9-11(18)3-4-13-14-5-6-16(22)19(14,2)10-15(21)17(13)18/h11-15,17,20-21H,3-10H2,1-2H3/t11-,12+,13+,14+,15+,17-,18+,19-/m0/s1. The molecule has 8 atom stereocenters. The zero-order valence-electron chi connectivity index (χ0n) is 13.9. The van der Waals surface area contributed by atoms with Gasteiger partial charge in [0.15, 0.2) is 0 Å². The minimum atomic E-state index is -0.337. The Balaban J connectivity index is 1.69. The summed E-state index contributed by atoms with van der Waals surface area (Å²) in [6.07, 6.45) is 7.08. The zero-order valence-corrected chi connectivity index (χ0v) is 13.9. The Bertz CT molecular complexity index is 489. The molecule has 3 heteroatoms. The molecular formula is C19H30O3. The van der Waals surface area contributed by atoms with Gasteiger partial charge in [0.2, 0.25) is 0 Å². The van der Waals surface area contributed by atoms with Crippen LogP contribution in [0, 0.1) is 34.5 Å². The highest BCUT2D eigenvalue weighted by atomic mass is 16.3. The lowest BCUT2D eigenvalue weighted by Gasteiger charge is -2.61. The van der Waals surface area contributed by atoms with Crippen LogP contribution in [0.1, 0.15) is 65.2 Å². The molecule has 22 heavy (non-hydrogen) atoms. The molecule has 0 aromatic rings. The average molecular weight is 306 g/mol. The predicted octanol–water partition coefficient (Wildman–Crippen LogP) is 2.93. The molecule has 4 fully saturated rings. The van der Waals surface area contributed by atoms with Crippen molar-refractivity contribution < 1.29 is 15.0 Å². The first-order chi connectivity index (χ1) is 10.4. The molecule has 0 aromatic heterocycles.